The molecule has 1 saturated heterocycles. The summed E-state index contributed by atoms with van der Waals surface area (Å²) in [7, 11) is 1.35. The SMILES string of the molecule is COC(=O)c1cccc(NC2CCN(C(=O)c3ccc(-c4ccco4)[nH]c3=O)CC2)c1. The number of likely N-dealkylation sites (tertiary alicyclic amines) is 1. The molecule has 2 N–H and O–H groups in total. The van der Waals surface area contributed by atoms with Gasteiger partial charge in [0.05, 0.1) is 24.6 Å². The van der Waals surface area contributed by atoms with Crippen LogP contribution in [0.4, 0.5) is 5.69 Å². The van der Waals surface area contributed by atoms with Crippen LogP contribution in [0.15, 0.2) is 64.0 Å². The number of nitrogens with one attached hydrogen (secondary N) is 2. The molecule has 3 heterocycles. The molecule has 1 fully saturated rings. The first-order chi connectivity index (χ1) is 15.0. The van der Waals surface area contributed by atoms with Crippen LogP contribution in [0, 0.1) is 0 Å². The third kappa shape index (κ3) is 4.53. The van der Waals surface area contributed by atoms with E-state index in [0.717, 1.165) is 18.5 Å². The van der Waals surface area contributed by atoms with Crippen molar-refractivity contribution in [2.45, 2.75) is 18.9 Å². The van der Waals surface area contributed by atoms with Gasteiger partial charge in [-0.1, -0.05) is 6.07 Å². The number of nitrogens with zero attached hydrogens (tertiary/aromatic N) is 1. The molecule has 8 heteroatoms. The van der Waals surface area contributed by atoms with E-state index in [1.165, 1.54) is 13.4 Å². The molecule has 1 aliphatic rings. The number of hydrogen-bond acceptors (Lipinski definition) is 6. The minimum absolute atomic E-state index is 0.118. The van der Waals surface area contributed by atoms with Crippen LogP contribution in [0.1, 0.15) is 33.6 Å². The number of rotatable bonds is 5. The van der Waals surface area contributed by atoms with Crippen LogP contribution in [0.2, 0.25) is 0 Å². The molecule has 0 bridgehead atoms. The molecule has 1 aromatic carbocycles. The molecule has 0 aliphatic carbocycles. The number of esters is 1. The minimum Gasteiger partial charge on any atom is -0.465 e. The monoisotopic (exact) mass is 421 g/mol. The van der Waals surface area contributed by atoms with E-state index in [4.69, 9.17) is 9.15 Å². The van der Waals surface area contributed by atoms with Crippen molar-refractivity contribution in [2.75, 3.05) is 25.5 Å². The Morgan fingerprint density at radius 2 is 1.94 bits per heavy atom. The number of amides is 1. The maximum Gasteiger partial charge on any atom is 0.337 e. The largest absolute Gasteiger partial charge is 0.465 e. The molecule has 31 heavy (non-hydrogen) atoms. The van der Waals surface area contributed by atoms with E-state index in [2.05, 4.69) is 10.3 Å². The summed E-state index contributed by atoms with van der Waals surface area (Å²) in [6.45, 7) is 1.07. The Hall–Kier alpha value is -3.81. The lowest BCUT2D eigenvalue weighted by atomic mass is 10.0. The Labute approximate surface area is 178 Å². The molecular weight excluding hydrogens is 398 g/mol. The maximum atomic E-state index is 12.8. The highest BCUT2D eigenvalue weighted by Gasteiger charge is 2.25. The van der Waals surface area contributed by atoms with Gasteiger partial charge in [-0.2, -0.15) is 0 Å². The number of hydrogen-bond donors (Lipinski definition) is 2. The van der Waals surface area contributed by atoms with Gasteiger partial charge in [-0.3, -0.25) is 9.59 Å². The second-order valence-electron chi connectivity index (χ2n) is 7.38. The quantitative estimate of drug-likeness (QED) is 0.614. The van der Waals surface area contributed by atoms with Gasteiger partial charge >= 0.3 is 5.97 Å². The third-order valence-corrected chi connectivity index (χ3v) is 5.36. The lowest BCUT2D eigenvalue weighted by Gasteiger charge is -2.32. The highest BCUT2D eigenvalue weighted by atomic mass is 16.5. The van der Waals surface area contributed by atoms with Crippen LogP contribution in [0.25, 0.3) is 11.5 Å². The number of pyridine rings is 1. The predicted molar refractivity (Wildman–Crippen MR) is 115 cm³/mol. The number of carbonyl (C=O) groups is 2. The van der Waals surface area contributed by atoms with Gasteiger partial charge in [-0.15, -0.1) is 0 Å². The molecule has 0 spiro atoms. The van der Waals surface area contributed by atoms with E-state index in [9.17, 15) is 14.4 Å². The Bertz CT molecular complexity index is 1130. The molecule has 1 aliphatic heterocycles. The fourth-order valence-electron chi connectivity index (χ4n) is 3.70. The van der Waals surface area contributed by atoms with E-state index in [1.807, 2.05) is 6.07 Å². The fraction of sp³-hybridized carbons (Fsp3) is 0.261. The summed E-state index contributed by atoms with van der Waals surface area (Å²) in [5, 5.41) is 3.41. The second kappa shape index (κ2) is 8.91. The van der Waals surface area contributed by atoms with Crippen molar-refractivity contribution in [3.8, 4) is 11.5 Å². The fourth-order valence-corrected chi connectivity index (χ4v) is 3.70. The smallest absolute Gasteiger partial charge is 0.337 e. The number of aromatic amines is 1. The molecule has 2 aromatic heterocycles. The van der Waals surface area contributed by atoms with Crippen LogP contribution < -0.4 is 10.9 Å². The average Bonchev–Trinajstić information content (AvgIpc) is 3.34. The number of ether oxygens (including phenoxy) is 1. The van der Waals surface area contributed by atoms with Crippen molar-refractivity contribution in [3.63, 3.8) is 0 Å². The summed E-state index contributed by atoms with van der Waals surface area (Å²) in [6.07, 6.45) is 2.99. The lowest BCUT2D eigenvalue weighted by molar-refractivity contribution is 0.0600. The number of aromatic nitrogens is 1. The molecule has 0 atom stereocenters. The van der Waals surface area contributed by atoms with Gasteiger partial charge in [0.2, 0.25) is 0 Å². The van der Waals surface area contributed by atoms with Gasteiger partial charge < -0.3 is 24.4 Å². The van der Waals surface area contributed by atoms with Gasteiger partial charge in [-0.05, 0) is 55.3 Å². The van der Waals surface area contributed by atoms with E-state index in [1.54, 1.807) is 47.4 Å². The maximum absolute atomic E-state index is 12.8. The van der Waals surface area contributed by atoms with Crippen LogP contribution in [0.3, 0.4) is 0 Å². The van der Waals surface area contributed by atoms with E-state index in [-0.39, 0.29) is 23.5 Å². The summed E-state index contributed by atoms with van der Waals surface area (Å²) >= 11 is 0. The van der Waals surface area contributed by atoms with E-state index in [0.29, 0.717) is 30.1 Å². The minimum atomic E-state index is -0.432. The normalized spacial score (nSPS) is 14.3. The molecule has 0 saturated carbocycles. The Balaban J connectivity index is 1.37. The van der Waals surface area contributed by atoms with Crippen LogP contribution >= 0.6 is 0 Å². The summed E-state index contributed by atoms with van der Waals surface area (Å²) in [6, 6.07) is 14.0. The topological polar surface area (TPSA) is 105 Å². The number of furan rings is 1. The Morgan fingerprint density at radius 3 is 2.61 bits per heavy atom. The number of piperidine rings is 1. The highest BCUT2D eigenvalue weighted by molar-refractivity contribution is 5.94. The van der Waals surface area contributed by atoms with Gasteiger partial charge in [0.15, 0.2) is 0 Å². The summed E-state index contributed by atoms with van der Waals surface area (Å²) in [5.41, 5.74) is 1.53. The number of anilines is 1. The van der Waals surface area contributed by atoms with E-state index >= 15 is 0 Å². The number of H-pyrrole nitrogens is 1. The van der Waals surface area contributed by atoms with Gasteiger partial charge in [0, 0.05) is 24.8 Å². The van der Waals surface area contributed by atoms with Crippen LogP contribution in [-0.4, -0.2) is 48.0 Å². The van der Waals surface area contributed by atoms with Crippen LogP contribution in [-0.2, 0) is 4.74 Å². The molecule has 4 rings (SSSR count). The zero-order chi connectivity index (χ0) is 21.8. The standard InChI is InChI=1S/C23H23N3O5/c1-30-23(29)15-4-2-5-17(14-15)24-16-9-11-26(12-10-16)22(28)18-7-8-19(25-21(18)27)20-6-3-13-31-20/h2-8,13-14,16,24H,9-12H2,1H3,(H,25,27). The van der Waals surface area contributed by atoms with Crippen molar-refractivity contribution in [1.82, 2.24) is 9.88 Å². The molecule has 8 nitrogen and oxygen atoms in total. The van der Waals surface area contributed by atoms with Crippen molar-refractivity contribution in [3.05, 3.63) is 76.3 Å². The zero-order valence-corrected chi connectivity index (χ0v) is 17.1. The summed E-state index contributed by atoms with van der Waals surface area (Å²) in [4.78, 5) is 41.4. The first kappa shape index (κ1) is 20.5. The summed E-state index contributed by atoms with van der Waals surface area (Å²) < 4.78 is 10.0. The number of carbonyl (C=O) groups excluding carboxylic acids is 2. The first-order valence-corrected chi connectivity index (χ1v) is 10.1. The molecule has 160 valence electrons. The highest BCUT2D eigenvalue weighted by Crippen LogP contribution is 2.20. The van der Waals surface area contributed by atoms with Gasteiger partial charge in [0.25, 0.3) is 11.5 Å². The Morgan fingerprint density at radius 1 is 1.13 bits per heavy atom. The molecule has 3 aromatic rings. The molecular formula is C23H23N3O5. The van der Waals surface area contributed by atoms with Crippen molar-refractivity contribution >= 4 is 17.6 Å². The van der Waals surface area contributed by atoms with Crippen molar-refractivity contribution in [2.24, 2.45) is 0 Å². The lowest BCUT2D eigenvalue weighted by Crippen LogP contribution is -2.43. The van der Waals surface area contributed by atoms with E-state index < -0.39 is 5.56 Å². The molecule has 0 unspecified atom stereocenters. The number of methoxy groups -OCH3 is 1. The Kier molecular flexibility index (Phi) is 5.88. The molecule has 1 amide bonds. The van der Waals surface area contributed by atoms with Crippen molar-refractivity contribution < 1.29 is 18.7 Å². The predicted octanol–water partition coefficient (Wildman–Crippen LogP) is 3.14. The third-order valence-electron chi connectivity index (χ3n) is 5.36. The van der Waals surface area contributed by atoms with Gasteiger partial charge in [-0.25, -0.2) is 4.79 Å². The summed E-state index contributed by atoms with van der Waals surface area (Å²) in [5.74, 6) is -0.120. The second-order valence-corrected chi connectivity index (χ2v) is 7.38. The number of benzene rings is 1. The molecule has 0 radical (unpaired) electrons. The van der Waals surface area contributed by atoms with Crippen LogP contribution in [0.5, 0.6) is 0 Å². The van der Waals surface area contributed by atoms with Crippen molar-refractivity contribution in [1.29, 1.82) is 0 Å². The first-order valence-electron chi connectivity index (χ1n) is 10.1. The average molecular weight is 421 g/mol. The van der Waals surface area contributed by atoms with Gasteiger partial charge in [0.1, 0.15) is 11.3 Å². The zero-order valence-electron chi connectivity index (χ0n) is 17.1.